The Morgan fingerprint density at radius 3 is 2.37 bits per heavy atom. The number of para-hydroxylation sites is 1. The molecular formula is C19H21N3O3S2. The van der Waals surface area contributed by atoms with Crippen molar-refractivity contribution in [3.8, 4) is 0 Å². The first-order chi connectivity index (χ1) is 12.9. The zero-order valence-corrected chi connectivity index (χ0v) is 16.6. The quantitative estimate of drug-likeness (QED) is 0.852. The molecule has 1 atom stereocenters. The number of hydrogen-bond donors (Lipinski definition) is 1. The summed E-state index contributed by atoms with van der Waals surface area (Å²) < 4.78 is 27.2. The molecule has 0 aliphatic carbocycles. The van der Waals surface area contributed by atoms with Crippen molar-refractivity contribution in [1.29, 1.82) is 0 Å². The molecule has 2 aromatic carbocycles. The van der Waals surface area contributed by atoms with Gasteiger partial charge in [0.2, 0.25) is 10.0 Å². The minimum Gasteiger partial charge on any atom is -0.323 e. The number of rotatable bonds is 3. The Balaban J connectivity index is 1.45. The van der Waals surface area contributed by atoms with Crippen molar-refractivity contribution in [1.82, 2.24) is 9.21 Å². The van der Waals surface area contributed by atoms with Crippen LogP contribution >= 0.6 is 11.8 Å². The third-order valence-corrected chi connectivity index (χ3v) is 8.13. The maximum Gasteiger partial charge on any atom is 0.252 e. The molecule has 0 radical (unpaired) electrons. The molecule has 2 aliphatic heterocycles. The van der Waals surface area contributed by atoms with E-state index < -0.39 is 10.0 Å². The van der Waals surface area contributed by atoms with Gasteiger partial charge in [0.05, 0.1) is 10.6 Å². The molecule has 0 unspecified atom stereocenters. The number of nitrogens with zero attached hydrogens (tertiary/aromatic N) is 2. The number of amides is 1. The lowest BCUT2D eigenvalue weighted by Crippen LogP contribution is -2.54. The number of carbonyl (C=O) groups excluding carboxylic acids is 1. The highest BCUT2D eigenvalue weighted by Crippen LogP contribution is 2.37. The van der Waals surface area contributed by atoms with E-state index in [1.807, 2.05) is 43.3 Å². The van der Waals surface area contributed by atoms with Crippen LogP contribution in [-0.2, 0) is 14.8 Å². The van der Waals surface area contributed by atoms with Gasteiger partial charge in [-0.2, -0.15) is 4.31 Å². The summed E-state index contributed by atoms with van der Waals surface area (Å²) in [7, 11) is -3.50. The molecule has 1 N–H and O–H groups in total. The highest BCUT2D eigenvalue weighted by atomic mass is 32.2. The van der Waals surface area contributed by atoms with Crippen LogP contribution in [0.4, 0.5) is 5.69 Å². The summed E-state index contributed by atoms with van der Waals surface area (Å²) in [5.74, 6) is -0.0476. The van der Waals surface area contributed by atoms with Crippen LogP contribution in [0.25, 0.3) is 0 Å². The molecule has 0 aromatic heterocycles. The Hall–Kier alpha value is -1.87. The van der Waals surface area contributed by atoms with Gasteiger partial charge < -0.3 is 5.32 Å². The van der Waals surface area contributed by atoms with Crippen LogP contribution in [0.1, 0.15) is 5.56 Å². The summed E-state index contributed by atoms with van der Waals surface area (Å²) >= 11 is 1.52. The highest BCUT2D eigenvalue weighted by Gasteiger charge is 2.36. The van der Waals surface area contributed by atoms with Crippen molar-refractivity contribution in [3.63, 3.8) is 0 Å². The molecule has 0 spiro atoms. The second kappa shape index (κ2) is 7.27. The van der Waals surface area contributed by atoms with Gasteiger partial charge in [0.1, 0.15) is 5.37 Å². The van der Waals surface area contributed by atoms with Gasteiger partial charge in [-0.25, -0.2) is 8.42 Å². The molecule has 1 amide bonds. The Bertz CT molecular complexity index is 952. The van der Waals surface area contributed by atoms with Gasteiger partial charge in [0, 0.05) is 31.1 Å². The van der Waals surface area contributed by atoms with E-state index in [1.165, 1.54) is 16.1 Å². The molecule has 2 heterocycles. The summed E-state index contributed by atoms with van der Waals surface area (Å²) in [6.07, 6.45) is 0. The fourth-order valence-corrected chi connectivity index (χ4v) is 5.91. The van der Waals surface area contributed by atoms with E-state index in [9.17, 15) is 13.2 Å². The minimum absolute atomic E-state index is 0.0476. The van der Waals surface area contributed by atoms with Gasteiger partial charge in [0.25, 0.3) is 5.91 Å². The van der Waals surface area contributed by atoms with Gasteiger partial charge in [-0.1, -0.05) is 41.6 Å². The minimum atomic E-state index is -3.50. The number of sulfonamides is 1. The maximum absolute atomic E-state index is 12.8. The van der Waals surface area contributed by atoms with Crippen LogP contribution in [-0.4, -0.2) is 55.1 Å². The number of fused-ring (bicyclic) bond motifs is 1. The van der Waals surface area contributed by atoms with Crippen molar-refractivity contribution in [2.75, 3.05) is 31.5 Å². The van der Waals surface area contributed by atoms with E-state index >= 15 is 0 Å². The molecule has 1 saturated heterocycles. The average molecular weight is 404 g/mol. The lowest BCUT2D eigenvalue weighted by atomic mass is 10.2. The zero-order chi connectivity index (χ0) is 19.0. The van der Waals surface area contributed by atoms with E-state index in [2.05, 4.69) is 10.2 Å². The molecule has 6 nitrogen and oxygen atoms in total. The number of anilines is 1. The summed E-state index contributed by atoms with van der Waals surface area (Å²) in [6.45, 7) is 3.74. The molecule has 0 bridgehead atoms. The van der Waals surface area contributed by atoms with E-state index in [0.717, 1.165) is 16.1 Å². The third kappa shape index (κ3) is 3.62. The molecule has 2 aliphatic rings. The van der Waals surface area contributed by atoms with Gasteiger partial charge >= 0.3 is 0 Å². The Morgan fingerprint density at radius 1 is 1.00 bits per heavy atom. The van der Waals surface area contributed by atoms with Crippen LogP contribution in [0.3, 0.4) is 0 Å². The summed E-state index contributed by atoms with van der Waals surface area (Å²) in [5.41, 5.74) is 1.86. The van der Waals surface area contributed by atoms with E-state index in [4.69, 9.17) is 0 Å². The number of piperazine rings is 1. The number of aryl methyl sites for hydroxylation is 1. The third-order valence-electron chi connectivity index (χ3n) is 4.87. The van der Waals surface area contributed by atoms with Crippen molar-refractivity contribution in [2.45, 2.75) is 22.1 Å². The monoisotopic (exact) mass is 403 g/mol. The van der Waals surface area contributed by atoms with Crippen molar-refractivity contribution in [2.24, 2.45) is 0 Å². The van der Waals surface area contributed by atoms with Crippen LogP contribution in [0.15, 0.2) is 58.3 Å². The molecule has 0 saturated carbocycles. The first kappa shape index (κ1) is 18.5. The zero-order valence-electron chi connectivity index (χ0n) is 15.0. The second-order valence-electron chi connectivity index (χ2n) is 6.71. The number of hydrogen-bond acceptors (Lipinski definition) is 5. The molecule has 4 rings (SSSR count). The lowest BCUT2D eigenvalue weighted by molar-refractivity contribution is -0.118. The van der Waals surface area contributed by atoms with Crippen LogP contribution in [0.2, 0.25) is 0 Å². The van der Waals surface area contributed by atoms with E-state index in [0.29, 0.717) is 31.1 Å². The van der Waals surface area contributed by atoms with Gasteiger partial charge in [0.15, 0.2) is 0 Å². The standard InChI is InChI=1S/C19H21N3O3S2/c1-14-6-8-15(9-7-14)27(24,25)22-12-10-21(11-13-22)19-18(23)20-16-4-2-3-5-17(16)26-19/h2-9,19H,10-13H2,1H3,(H,20,23)/t19-/m1/s1. The van der Waals surface area contributed by atoms with Crippen LogP contribution in [0, 0.1) is 6.92 Å². The molecule has 27 heavy (non-hydrogen) atoms. The SMILES string of the molecule is Cc1ccc(S(=O)(=O)N2CCN([C@@H]3Sc4ccccc4NC3=O)CC2)cc1. The summed E-state index contributed by atoms with van der Waals surface area (Å²) in [5, 5.41) is 2.62. The Morgan fingerprint density at radius 2 is 1.67 bits per heavy atom. The summed E-state index contributed by atoms with van der Waals surface area (Å²) in [6, 6.07) is 14.7. The topological polar surface area (TPSA) is 69.7 Å². The largest absolute Gasteiger partial charge is 0.323 e. The van der Waals surface area contributed by atoms with Crippen LogP contribution in [0.5, 0.6) is 0 Å². The predicted molar refractivity (Wildman–Crippen MR) is 106 cm³/mol. The lowest BCUT2D eigenvalue weighted by Gasteiger charge is -2.39. The molecular weight excluding hydrogens is 382 g/mol. The van der Waals surface area contributed by atoms with Gasteiger partial charge in [-0.15, -0.1) is 0 Å². The van der Waals surface area contributed by atoms with E-state index in [1.54, 1.807) is 12.1 Å². The highest BCUT2D eigenvalue weighted by molar-refractivity contribution is 8.00. The fourth-order valence-electron chi connectivity index (χ4n) is 3.32. The van der Waals surface area contributed by atoms with Crippen molar-refractivity contribution < 1.29 is 13.2 Å². The molecule has 1 fully saturated rings. The Labute approximate surface area is 163 Å². The van der Waals surface area contributed by atoms with Gasteiger partial charge in [-0.05, 0) is 31.2 Å². The number of benzene rings is 2. The molecule has 142 valence electrons. The maximum atomic E-state index is 12.8. The summed E-state index contributed by atoms with van der Waals surface area (Å²) in [4.78, 5) is 15.9. The average Bonchev–Trinajstić information content (AvgIpc) is 2.68. The predicted octanol–water partition coefficient (Wildman–Crippen LogP) is 2.37. The first-order valence-corrected chi connectivity index (χ1v) is 11.1. The number of thioether (sulfide) groups is 1. The van der Waals surface area contributed by atoms with Gasteiger partial charge in [-0.3, -0.25) is 9.69 Å². The first-order valence-electron chi connectivity index (χ1n) is 8.82. The van der Waals surface area contributed by atoms with Crippen LogP contribution < -0.4 is 5.32 Å². The second-order valence-corrected chi connectivity index (χ2v) is 9.77. The van der Waals surface area contributed by atoms with E-state index in [-0.39, 0.29) is 11.3 Å². The molecule has 8 heteroatoms. The molecule has 2 aromatic rings. The number of carbonyl (C=O) groups is 1. The van der Waals surface area contributed by atoms with Crippen molar-refractivity contribution in [3.05, 3.63) is 54.1 Å². The fraction of sp³-hybridized carbons (Fsp3) is 0.316. The normalized spacial score (nSPS) is 21.5. The number of nitrogens with one attached hydrogen (secondary N) is 1. The Kier molecular flexibility index (Phi) is 4.98. The van der Waals surface area contributed by atoms with Crippen molar-refractivity contribution >= 4 is 33.4 Å². The smallest absolute Gasteiger partial charge is 0.252 e.